The van der Waals surface area contributed by atoms with E-state index in [9.17, 15) is 4.79 Å². The molecule has 138 valence electrons. The predicted octanol–water partition coefficient (Wildman–Crippen LogP) is 3.38. The predicted molar refractivity (Wildman–Crippen MR) is 105 cm³/mol. The first-order valence-corrected chi connectivity index (χ1v) is 8.61. The van der Waals surface area contributed by atoms with Gasteiger partial charge in [-0.2, -0.15) is 4.98 Å². The molecule has 4 N–H and O–H groups in total. The van der Waals surface area contributed by atoms with Gasteiger partial charge >= 0.3 is 0 Å². The summed E-state index contributed by atoms with van der Waals surface area (Å²) in [4.78, 5) is 20.2. The Balaban J connectivity index is 1.73. The van der Waals surface area contributed by atoms with Crippen LogP contribution in [0.15, 0.2) is 59.3 Å². The number of carbonyl (C=O) groups excluding carboxylic acids is 1. The summed E-state index contributed by atoms with van der Waals surface area (Å²) in [5.41, 5.74) is 11.9. The second kappa shape index (κ2) is 8.37. The third-order valence-electron chi connectivity index (χ3n) is 3.52. The van der Waals surface area contributed by atoms with Gasteiger partial charge in [-0.05, 0) is 36.4 Å². The van der Waals surface area contributed by atoms with Crippen LogP contribution >= 0.6 is 15.9 Å². The molecule has 0 atom stereocenters. The van der Waals surface area contributed by atoms with Gasteiger partial charge in [0.2, 0.25) is 5.88 Å². The molecular weight excluding hydrogens is 414 g/mol. The number of methoxy groups -OCH3 is 1. The Morgan fingerprint density at radius 1 is 1.07 bits per heavy atom. The van der Waals surface area contributed by atoms with Gasteiger partial charge in [-0.3, -0.25) is 15.6 Å². The Bertz CT molecular complexity index is 950. The molecule has 2 aromatic carbocycles. The molecule has 0 aliphatic rings. The number of rotatable bonds is 6. The Morgan fingerprint density at radius 2 is 1.78 bits per heavy atom. The van der Waals surface area contributed by atoms with Gasteiger partial charge in [0.05, 0.1) is 7.11 Å². The monoisotopic (exact) mass is 429 g/mol. The Morgan fingerprint density at radius 3 is 2.48 bits per heavy atom. The molecule has 8 nitrogen and oxygen atoms in total. The molecule has 1 heterocycles. The zero-order valence-corrected chi connectivity index (χ0v) is 15.9. The van der Waals surface area contributed by atoms with E-state index < -0.39 is 0 Å². The number of anilines is 2. The van der Waals surface area contributed by atoms with E-state index >= 15 is 0 Å². The number of para-hydroxylation sites is 2. The van der Waals surface area contributed by atoms with Crippen molar-refractivity contribution >= 4 is 33.3 Å². The maximum atomic E-state index is 12.2. The van der Waals surface area contributed by atoms with Gasteiger partial charge in [0.1, 0.15) is 12.0 Å². The number of ether oxygens (including phenoxy) is 2. The lowest BCUT2D eigenvalue weighted by Gasteiger charge is -2.13. The summed E-state index contributed by atoms with van der Waals surface area (Å²) in [6.07, 6.45) is 1.27. The smallest absolute Gasteiger partial charge is 0.269 e. The highest BCUT2D eigenvalue weighted by Crippen LogP contribution is 2.34. The average molecular weight is 430 g/mol. The van der Waals surface area contributed by atoms with Crippen molar-refractivity contribution in [2.24, 2.45) is 0 Å². The van der Waals surface area contributed by atoms with E-state index in [1.807, 2.05) is 6.07 Å². The second-order valence-electron chi connectivity index (χ2n) is 5.28. The molecule has 9 heteroatoms. The van der Waals surface area contributed by atoms with Crippen molar-refractivity contribution in [1.82, 2.24) is 15.4 Å². The third kappa shape index (κ3) is 4.45. The van der Waals surface area contributed by atoms with Crippen molar-refractivity contribution in [3.05, 3.63) is 64.9 Å². The summed E-state index contributed by atoms with van der Waals surface area (Å²) in [6, 6.07) is 14.0. The minimum absolute atomic E-state index is 0.134. The molecule has 1 amide bonds. The number of amides is 1. The van der Waals surface area contributed by atoms with E-state index in [-0.39, 0.29) is 23.3 Å². The summed E-state index contributed by atoms with van der Waals surface area (Å²) >= 11 is 3.32. The van der Waals surface area contributed by atoms with Crippen LogP contribution in [0.2, 0.25) is 0 Å². The van der Waals surface area contributed by atoms with Crippen LogP contribution in [0.4, 0.5) is 11.5 Å². The highest BCUT2D eigenvalue weighted by atomic mass is 79.9. The van der Waals surface area contributed by atoms with E-state index in [4.69, 9.17) is 15.2 Å². The highest BCUT2D eigenvalue weighted by molar-refractivity contribution is 9.10. The molecule has 0 saturated heterocycles. The molecule has 0 unspecified atom stereocenters. The van der Waals surface area contributed by atoms with Crippen molar-refractivity contribution in [3.63, 3.8) is 0 Å². The summed E-state index contributed by atoms with van der Waals surface area (Å²) in [6.45, 7) is 0. The van der Waals surface area contributed by atoms with Crippen LogP contribution in [-0.4, -0.2) is 23.0 Å². The fraction of sp³-hybridized carbons (Fsp3) is 0.0556. The summed E-state index contributed by atoms with van der Waals surface area (Å²) in [5, 5.41) is 0. The number of nitrogens with one attached hydrogen (secondary N) is 2. The van der Waals surface area contributed by atoms with E-state index in [2.05, 4.69) is 36.7 Å². The lowest BCUT2D eigenvalue weighted by atomic mass is 10.2. The van der Waals surface area contributed by atoms with Crippen LogP contribution in [0.25, 0.3) is 0 Å². The number of hydrogen-bond donors (Lipinski definition) is 3. The van der Waals surface area contributed by atoms with Crippen molar-refractivity contribution in [1.29, 1.82) is 0 Å². The molecule has 0 saturated carbocycles. The van der Waals surface area contributed by atoms with E-state index in [1.54, 1.807) is 42.5 Å². The number of hydrazine groups is 1. The van der Waals surface area contributed by atoms with E-state index in [0.717, 1.165) is 4.47 Å². The van der Waals surface area contributed by atoms with Gasteiger partial charge in [0.25, 0.3) is 5.91 Å². The number of hydrogen-bond acceptors (Lipinski definition) is 7. The quantitative estimate of drug-likeness (QED) is 0.514. The number of halogens is 1. The lowest BCUT2D eigenvalue weighted by Crippen LogP contribution is -2.30. The SMILES string of the molecule is COc1ccccc1Oc1ncnc(NNC(=O)c2ccc(Br)cc2)c1N. The van der Waals surface area contributed by atoms with Crippen molar-refractivity contribution < 1.29 is 14.3 Å². The molecule has 0 fully saturated rings. The normalized spacial score (nSPS) is 10.1. The number of aromatic nitrogens is 2. The van der Waals surface area contributed by atoms with Crippen molar-refractivity contribution in [2.75, 3.05) is 18.3 Å². The zero-order valence-electron chi connectivity index (χ0n) is 14.3. The standard InChI is InChI=1S/C18H16BrN5O3/c1-26-13-4-2-3-5-14(13)27-18-15(20)16(21-10-22-18)23-24-17(25)11-6-8-12(19)9-7-11/h2-10H,20H2,1H3,(H,24,25)(H,21,22,23). The van der Waals surface area contributed by atoms with Gasteiger partial charge < -0.3 is 15.2 Å². The minimum Gasteiger partial charge on any atom is -0.493 e. The van der Waals surface area contributed by atoms with Crippen molar-refractivity contribution in [2.45, 2.75) is 0 Å². The van der Waals surface area contributed by atoms with Crippen molar-refractivity contribution in [3.8, 4) is 17.4 Å². The van der Waals surface area contributed by atoms with Gasteiger partial charge in [-0.1, -0.05) is 28.1 Å². The topological polar surface area (TPSA) is 111 Å². The molecular formula is C18H16BrN5O3. The first kappa shape index (κ1) is 18.5. The first-order valence-electron chi connectivity index (χ1n) is 7.81. The number of nitrogens with zero attached hydrogens (tertiary/aromatic N) is 2. The molecule has 0 radical (unpaired) electrons. The second-order valence-corrected chi connectivity index (χ2v) is 6.20. The summed E-state index contributed by atoms with van der Waals surface area (Å²) in [5.74, 6) is 0.992. The Kier molecular flexibility index (Phi) is 5.72. The van der Waals surface area contributed by atoms with Crippen LogP contribution in [0.5, 0.6) is 17.4 Å². The van der Waals surface area contributed by atoms with Gasteiger partial charge in [0.15, 0.2) is 17.3 Å². The minimum atomic E-state index is -0.340. The third-order valence-corrected chi connectivity index (χ3v) is 4.05. The molecule has 27 heavy (non-hydrogen) atoms. The number of nitrogens with two attached hydrogens (primary N) is 1. The van der Waals surface area contributed by atoms with Crippen LogP contribution in [0, 0.1) is 0 Å². The molecule has 0 aliphatic heterocycles. The zero-order chi connectivity index (χ0) is 19.2. The highest BCUT2D eigenvalue weighted by Gasteiger charge is 2.13. The van der Waals surface area contributed by atoms with E-state index in [1.165, 1.54) is 13.4 Å². The molecule has 3 aromatic rings. The van der Waals surface area contributed by atoms with E-state index in [0.29, 0.717) is 17.1 Å². The lowest BCUT2D eigenvalue weighted by molar-refractivity contribution is 0.0962. The summed E-state index contributed by atoms with van der Waals surface area (Å²) < 4.78 is 11.8. The number of nitrogen functional groups attached to an aromatic ring is 1. The largest absolute Gasteiger partial charge is 0.493 e. The number of carbonyl (C=O) groups is 1. The fourth-order valence-corrected chi connectivity index (χ4v) is 2.42. The fourth-order valence-electron chi connectivity index (χ4n) is 2.16. The molecule has 0 aliphatic carbocycles. The maximum absolute atomic E-state index is 12.2. The Labute approximate surface area is 163 Å². The van der Waals surface area contributed by atoms with Gasteiger partial charge in [0, 0.05) is 10.0 Å². The first-order chi connectivity index (χ1) is 13.1. The average Bonchev–Trinajstić information content (AvgIpc) is 2.69. The van der Waals surface area contributed by atoms with Gasteiger partial charge in [-0.25, -0.2) is 4.98 Å². The summed E-state index contributed by atoms with van der Waals surface area (Å²) in [7, 11) is 1.54. The molecule has 0 spiro atoms. The maximum Gasteiger partial charge on any atom is 0.269 e. The molecule has 1 aromatic heterocycles. The van der Waals surface area contributed by atoms with Crippen LogP contribution in [0.1, 0.15) is 10.4 Å². The number of benzene rings is 2. The van der Waals surface area contributed by atoms with Gasteiger partial charge in [-0.15, -0.1) is 0 Å². The van der Waals surface area contributed by atoms with Crippen LogP contribution in [-0.2, 0) is 0 Å². The molecule has 3 rings (SSSR count). The molecule has 0 bridgehead atoms. The van der Waals surface area contributed by atoms with Crippen LogP contribution < -0.4 is 26.1 Å². The Hall–Kier alpha value is -3.33. The van der Waals surface area contributed by atoms with Crippen LogP contribution in [0.3, 0.4) is 0 Å².